The van der Waals surface area contributed by atoms with Crippen LogP contribution in [-0.4, -0.2) is 30.2 Å². The number of rotatable bonds is 6. The van der Waals surface area contributed by atoms with E-state index in [-0.39, 0.29) is 6.61 Å². The lowest BCUT2D eigenvalue weighted by Crippen LogP contribution is -2.26. The van der Waals surface area contributed by atoms with Gasteiger partial charge >= 0.3 is 5.97 Å². The Morgan fingerprint density at radius 1 is 1.04 bits per heavy atom. The summed E-state index contributed by atoms with van der Waals surface area (Å²) in [5.74, 6) is 4.14. The molecule has 0 amide bonds. The molecule has 0 spiro atoms. The van der Waals surface area contributed by atoms with Crippen LogP contribution in [0.5, 0.6) is 11.5 Å². The zero-order valence-corrected chi connectivity index (χ0v) is 13.1. The number of nitrogens with zero attached hydrogens (tertiary/aromatic N) is 1. The van der Waals surface area contributed by atoms with Crippen molar-refractivity contribution in [1.29, 1.82) is 0 Å². The standard InChI is InChI=1S/C18H16N2O5/c19-20-16(21)9-24-13-6-5-12-7-11-3-1-2-4-14(11)18(15(12)8-13)25-10-17(22)23/h1-8H,9-10,19H2,(H,20,21)(H,22,23)/p-1. The van der Waals surface area contributed by atoms with Gasteiger partial charge in [0.2, 0.25) is 0 Å². The average Bonchev–Trinajstić information content (AvgIpc) is 2.62. The van der Waals surface area contributed by atoms with E-state index in [0.29, 0.717) is 16.9 Å². The molecule has 0 fully saturated rings. The largest absolute Gasteiger partial charge is 0.858 e. The summed E-state index contributed by atoms with van der Waals surface area (Å²) in [6, 6.07) is 14.7. The first kappa shape index (κ1) is 16.4. The van der Waals surface area contributed by atoms with Crippen molar-refractivity contribution in [2.24, 2.45) is 10.9 Å². The third kappa shape index (κ3) is 3.55. The molecule has 0 atom stereocenters. The summed E-state index contributed by atoms with van der Waals surface area (Å²) < 4.78 is 10.9. The van der Waals surface area contributed by atoms with Crippen LogP contribution in [0.25, 0.3) is 21.5 Å². The lowest BCUT2D eigenvalue weighted by Gasteiger charge is -2.14. The van der Waals surface area contributed by atoms with Crippen molar-refractivity contribution < 1.29 is 24.5 Å². The van der Waals surface area contributed by atoms with E-state index >= 15 is 0 Å². The summed E-state index contributed by atoms with van der Waals surface area (Å²) in [6.07, 6.45) is 0. The lowest BCUT2D eigenvalue weighted by atomic mass is 10.0. The normalized spacial score (nSPS) is 11.6. The van der Waals surface area contributed by atoms with E-state index in [1.54, 1.807) is 12.1 Å². The van der Waals surface area contributed by atoms with Crippen molar-refractivity contribution >= 4 is 33.4 Å². The molecule has 3 rings (SSSR count). The van der Waals surface area contributed by atoms with E-state index in [9.17, 15) is 9.90 Å². The lowest BCUT2D eigenvalue weighted by molar-refractivity contribution is -0.221. The first-order chi connectivity index (χ1) is 12.1. The minimum absolute atomic E-state index is 0.277. The van der Waals surface area contributed by atoms with E-state index in [2.05, 4.69) is 5.10 Å². The molecule has 3 N–H and O–H groups in total. The smallest absolute Gasteiger partial charge is 0.341 e. The van der Waals surface area contributed by atoms with Crippen LogP contribution >= 0.6 is 0 Å². The number of carboxylic acids is 1. The topological polar surface area (TPSA) is 117 Å². The molecular formula is C18H15N2O5-. The fourth-order valence-corrected chi connectivity index (χ4v) is 2.56. The quantitative estimate of drug-likeness (QED) is 0.231. The van der Waals surface area contributed by atoms with Gasteiger partial charge in [-0.1, -0.05) is 30.3 Å². The van der Waals surface area contributed by atoms with Gasteiger partial charge in [-0.25, -0.2) is 9.90 Å². The molecule has 128 valence electrons. The molecule has 0 saturated heterocycles. The number of hydrogen-bond acceptors (Lipinski definition) is 6. The fourth-order valence-electron chi connectivity index (χ4n) is 2.56. The van der Waals surface area contributed by atoms with Crippen molar-refractivity contribution in [1.82, 2.24) is 0 Å². The number of ether oxygens (including phenoxy) is 2. The second kappa shape index (κ2) is 6.96. The van der Waals surface area contributed by atoms with E-state index < -0.39 is 18.5 Å². The molecule has 0 aromatic heterocycles. The minimum atomic E-state index is -1.07. The van der Waals surface area contributed by atoms with E-state index in [4.69, 9.17) is 20.4 Å². The van der Waals surface area contributed by atoms with Crippen LogP contribution in [0.1, 0.15) is 0 Å². The molecular weight excluding hydrogens is 324 g/mol. The minimum Gasteiger partial charge on any atom is -0.858 e. The van der Waals surface area contributed by atoms with Gasteiger partial charge < -0.3 is 25.5 Å². The van der Waals surface area contributed by atoms with Crippen molar-refractivity contribution in [3.05, 3.63) is 48.5 Å². The van der Waals surface area contributed by atoms with Crippen LogP contribution in [0.3, 0.4) is 0 Å². The summed E-state index contributed by atoms with van der Waals surface area (Å²) in [4.78, 5) is 10.9. The summed E-state index contributed by atoms with van der Waals surface area (Å²) >= 11 is 0. The Morgan fingerprint density at radius 3 is 2.56 bits per heavy atom. The van der Waals surface area contributed by atoms with Crippen molar-refractivity contribution in [3.8, 4) is 11.5 Å². The monoisotopic (exact) mass is 339 g/mol. The summed E-state index contributed by atoms with van der Waals surface area (Å²) in [5, 5.41) is 26.4. The van der Waals surface area contributed by atoms with Gasteiger partial charge in [0.25, 0.3) is 0 Å². The predicted octanol–water partition coefficient (Wildman–Crippen LogP) is 1.47. The van der Waals surface area contributed by atoms with Gasteiger partial charge in [-0.15, -0.1) is 0 Å². The highest BCUT2D eigenvalue weighted by Crippen LogP contribution is 2.36. The van der Waals surface area contributed by atoms with Crippen LogP contribution < -0.4 is 20.4 Å². The maximum Gasteiger partial charge on any atom is 0.341 e. The number of hydrazone groups is 1. The first-order valence-corrected chi connectivity index (χ1v) is 7.45. The van der Waals surface area contributed by atoms with Crippen LogP contribution in [0.15, 0.2) is 53.6 Å². The van der Waals surface area contributed by atoms with Gasteiger partial charge in [-0.05, 0) is 29.0 Å². The highest BCUT2D eigenvalue weighted by molar-refractivity contribution is 6.05. The molecule has 3 aromatic rings. The van der Waals surface area contributed by atoms with Gasteiger partial charge in [0.05, 0.1) is 0 Å². The van der Waals surface area contributed by atoms with Gasteiger partial charge in [-0.2, -0.15) is 0 Å². The van der Waals surface area contributed by atoms with Crippen molar-refractivity contribution in [2.45, 2.75) is 0 Å². The molecule has 0 aliphatic heterocycles. The predicted molar refractivity (Wildman–Crippen MR) is 91.7 cm³/mol. The molecule has 0 radical (unpaired) electrons. The third-order valence-corrected chi connectivity index (χ3v) is 3.63. The fraction of sp³-hybridized carbons (Fsp3) is 0.111. The SMILES string of the molecule is NN=C([O-])COc1ccc2cc3ccccc3c(OCC(=O)O)c2c1. The van der Waals surface area contributed by atoms with E-state index in [1.165, 1.54) is 0 Å². The van der Waals surface area contributed by atoms with Gasteiger partial charge in [0.15, 0.2) is 6.61 Å². The van der Waals surface area contributed by atoms with Crippen LogP contribution in [0, 0.1) is 0 Å². The van der Waals surface area contributed by atoms with Crippen molar-refractivity contribution in [3.63, 3.8) is 0 Å². The molecule has 0 unspecified atom stereocenters. The highest BCUT2D eigenvalue weighted by Gasteiger charge is 2.11. The molecule has 25 heavy (non-hydrogen) atoms. The Morgan fingerprint density at radius 2 is 1.80 bits per heavy atom. The Kier molecular flexibility index (Phi) is 4.56. The molecule has 0 bridgehead atoms. The zero-order valence-electron chi connectivity index (χ0n) is 13.1. The van der Waals surface area contributed by atoms with Gasteiger partial charge in [0, 0.05) is 16.7 Å². The van der Waals surface area contributed by atoms with E-state index in [1.807, 2.05) is 36.4 Å². The Bertz CT molecular complexity index is 968. The second-order valence-electron chi connectivity index (χ2n) is 5.30. The number of carboxylic acid groups (broad SMARTS) is 1. The maximum atomic E-state index is 11.2. The Labute approximate surface area is 142 Å². The molecule has 0 heterocycles. The number of fused-ring (bicyclic) bond motifs is 2. The molecule has 0 saturated carbocycles. The number of benzene rings is 3. The average molecular weight is 339 g/mol. The maximum absolute atomic E-state index is 11.2. The third-order valence-electron chi connectivity index (χ3n) is 3.63. The van der Waals surface area contributed by atoms with Gasteiger partial charge in [-0.3, -0.25) is 0 Å². The Hall–Kier alpha value is -3.48. The van der Waals surface area contributed by atoms with Crippen LogP contribution in [0.2, 0.25) is 0 Å². The summed E-state index contributed by atoms with van der Waals surface area (Å²) in [6.45, 7) is -0.736. The first-order valence-electron chi connectivity index (χ1n) is 7.45. The number of aliphatic carboxylic acids is 1. The molecule has 7 nitrogen and oxygen atoms in total. The number of hydrogen-bond donors (Lipinski definition) is 2. The van der Waals surface area contributed by atoms with Gasteiger partial charge in [0.1, 0.15) is 18.1 Å². The highest BCUT2D eigenvalue weighted by atomic mass is 16.5. The molecule has 7 heteroatoms. The summed E-state index contributed by atoms with van der Waals surface area (Å²) in [7, 11) is 0. The zero-order chi connectivity index (χ0) is 17.8. The van der Waals surface area contributed by atoms with Crippen molar-refractivity contribution in [2.75, 3.05) is 13.2 Å². The van der Waals surface area contributed by atoms with Crippen LogP contribution in [-0.2, 0) is 4.79 Å². The molecule has 0 aliphatic rings. The number of carbonyl (C=O) groups is 1. The molecule has 0 aliphatic carbocycles. The summed E-state index contributed by atoms with van der Waals surface area (Å²) in [5.41, 5.74) is 0. The number of nitrogens with two attached hydrogens (primary N) is 1. The molecule has 3 aromatic carbocycles. The van der Waals surface area contributed by atoms with Crippen LogP contribution in [0.4, 0.5) is 0 Å². The Balaban J connectivity index is 2.10. The second-order valence-corrected chi connectivity index (χ2v) is 5.30. The van der Waals surface area contributed by atoms with E-state index in [0.717, 1.165) is 16.2 Å².